The lowest BCUT2D eigenvalue weighted by atomic mass is 10.1. The van der Waals surface area contributed by atoms with Crippen molar-refractivity contribution in [3.8, 4) is 17.2 Å². The van der Waals surface area contributed by atoms with E-state index in [1.165, 1.54) is 7.11 Å². The Morgan fingerprint density at radius 2 is 1.76 bits per heavy atom. The van der Waals surface area contributed by atoms with Crippen LogP contribution in [-0.2, 0) is 11.2 Å². The van der Waals surface area contributed by atoms with E-state index < -0.39 is 0 Å². The van der Waals surface area contributed by atoms with Crippen LogP contribution in [0.3, 0.4) is 0 Å². The van der Waals surface area contributed by atoms with Gasteiger partial charge in [-0.3, -0.25) is 4.79 Å². The molecule has 2 rings (SSSR count). The average molecular weight is 398 g/mol. The number of methoxy groups -OCH3 is 2. The molecule has 0 N–H and O–H groups in total. The first-order valence-electron chi connectivity index (χ1n) is 6.30. The Morgan fingerprint density at radius 3 is 2.43 bits per heavy atom. The Kier molecular flexibility index (Phi) is 5.44. The van der Waals surface area contributed by atoms with E-state index in [1.54, 1.807) is 25.3 Å². The summed E-state index contributed by atoms with van der Waals surface area (Å²) < 4.78 is 16.7. The summed E-state index contributed by atoms with van der Waals surface area (Å²) in [6, 6.07) is 12.7. The summed E-state index contributed by atoms with van der Waals surface area (Å²) >= 11 is 2.20. The van der Waals surface area contributed by atoms with Crippen molar-refractivity contribution >= 4 is 28.6 Å². The summed E-state index contributed by atoms with van der Waals surface area (Å²) in [6.45, 7) is 0. The molecule has 0 amide bonds. The molecular weight excluding hydrogens is 383 g/mol. The first-order valence-corrected chi connectivity index (χ1v) is 7.38. The van der Waals surface area contributed by atoms with Crippen molar-refractivity contribution in [2.75, 3.05) is 14.2 Å². The van der Waals surface area contributed by atoms with Crippen molar-refractivity contribution in [1.29, 1.82) is 0 Å². The molecule has 0 aromatic heterocycles. The maximum absolute atomic E-state index is 12.0. The van der Waals surface area contributed by atoms with Gasteiger partial charge in [0.25, 0.3) is 0 Å². The van der Waals surface area contributed by atoms with E-state index in [9.17, 15) is 4.79 Å². The lowest BCUT2D eigenvalue weighted by Gasteiger charge is -2.10. The molecule has 0 radical (unpaired) electrons. The summed E-state index contributed by atoms with van der Waals surface area (Å²) in [5.41, 5.74) is 0.948. The van der Waals surface area contributed by atoms with Gasteiger partial charge in [0.15, 0.2) is 11.5 Å². The Hall–Kier alpha value is -1.76. The quantitative estimate of drug-likeness (QED) is 0.440. The number of esters is 1. The second-order valence-corrected chi connectivity index (χ2v) is 5.42. The second-order valence-electron chi connectivity index (χ2n) is 4.26. The van der Waals surface area contributed by atoms with Crippen LogP contribution in [-0.4, -0.2) is 20.2 Å². The molecule has 0 fully saturated rings. The molecule has 4 nitrogen and oxygen atoms in total. The number of hydrogen-bond acceptors (Lipinski definition) is 4. The van der Waals surface area contributed by atoms with Crippen LogP contribution in [0.1, 0.15) is 5.56 Å². The van der Waals surface area contributed by atoms with Crippen LogP contribution < -0.4 is 14.2 Å². The van der Waals surface area contributed by atoms with Gasteiger partial charge in [-0.05, 0) is 46.4 Å². The van der Waals surface area contributed by atoms with Crippen LogP contribution in [0, 0.1) is 3.57 Å². The molecule has 0 heterocycles. The molecule has 5 heteroatoms. The van der Waals surface area contributed by atoms with E-state index in [-0.39, 0.29) is 12.4 Å². The number of benzene rings is 2. The van der Waals surface area contributed by atoms with Gasteiger partial charge in [0, 0.05) is 9.64 Å². The zero-order valence-electron chi connectivity index (χ0n) is 11.8. The van der Waals surface area contributed by atoms with Gasteiger partial charge in [-0.25, -0.2) is 0 Å². The zero-order chi connectivity index (χ0) is 15.2. The summed E-state index contributed by atoms with van der Waals surface area (Å²) in [5.74, 6) is 1.24. The molecule has 0 saturated carbocycles. The predicted molar refractivity (Wildman–Crippen MR) is 88.0 cm³/mol. The SMILES string of the molecule is COc1ccc(OC(=O)Cc2ccccc2I)cc1OC. The van der Waals surface area contributed by atoms with E-state index in [0.29, 0.717) is 17.2 Å². The van der Waals surface area contributed by atoms with Crippen molar-refractivity contribution in [3.05, 3.63) is 51.6 Å². The molecule has 0 unspecified atom stereocenters. The Labute approximate surface area is 137 Å². The fourth-order valence-corrected chi connectivity index (χ4v) is 2.42. The summed E-state index contributed by atoms with van der Waals surface area (Å²) in [7, 11) is 3.09. The minimum absolute atomic E-state index is 0.230. The minimum atomic E-state index is -0.314. The van der Waals surface area contributed by atoms with Gasteiger partial charge in [-0.2, -0.15) is 0 Å². The molecule has 2 aromatic rings. The van der Waals surface area contributed by atoms with Gasteiger partial charge < -0.3 is 14.2 Å². The number of halogens is 1. The largest absolute Gasteiger partial charge is 0.493 e. The van der Waals surface area contributed by atoms with Gasteiger partial charge in [-0.1, -0.05) is 18.2 Å². The van der Waals surface area contributed by atoms with E-state index >= 15 is 0 Å². The molecule has 2 aromatic carbocycles. The molecule has 0 aliphatic heterocycles. The third kappa shape index (κ3) is 4.10. The summed E-state index contributed by atoms with van der Waals surface area (Å²) in [4.78, 5) is 12.0. The van der Waals surface area contributed by atoms with E-state index in [1.807, 2.05) is 24.3 Å². The molecule has 0 saturated heterocycles. The van der Waals surface area contributed by atoms with Crippen LogP contribution in [0.2, 0.25) is 0 Å². The first kappa shape index (κ1) is 15.6. The standard InChI is InChI=1S/C16H15IO4/c1-19-14-8-7-12(10-15(14)20-2)21-16(18)9-11-5-3-4-6-13(11)17/h3-8,10H,9H2,1-2H3. The average Bonchev–Trinajstić information content (AvgIpc) is 2.49. The topological polar surface area (TPSA) is 44.8 Å². The highest BCUT2D eigenvalue weighted by Crippen LogP contribution is 2.31. The van der Waals surface area contributed by atoms with Gasteiger partial charge >= 0.3 is 5.97 Å². The number of carbonyl (C=O) groups is 1. The summed E-state index contributed by atoms with van der Waals surface area (Å²) in [5, 5.41) is 0. The van der Waals surface area contributed by atoms with Crippen LogP contribution in [0.25, 0.3) is 0 Å². The number of rotatable bonds is 5. The van der Waals surface area contributed by atoms with Crippen molar-refractivity contribution in [3.63, 3.8) is 0 Å². The third-order valence-electron chi connectivity index (χ3n) is 2.88. The monoisotopic (exact) mass is 398 g/mol. The Morgan fingerprint density at radius 1 is 1.05 bits per heavy atom. The van der Waals surface area contributed by atoms with Gasteiger partial charge in [-0.15, -0.1) is 0 Å². The molecule has 0 aliphatic carbocycles. The fraction of sp³-hybridized carbons (Fsp3) is 0.188. The third-order valence-corrected chi connectivity index (χ3v) is 3.93. The van der Waals surface area contributed by atoms with Gasteiger partial charge in [0.05, 0.1) is 20.6 Å². The smallest absolute Gasteiger partial charge is 0.315 e. The highest BCUT2D eigenvalue weighted by atomic mass is 127. The highest BCUT2D eigenvalue weighted by molar-refractivity contribution is 14.1. The minimum Gasteiger partial charge on any atom is -0.493 e. The van der Waals surface area contributed by atoms with E-state index in [2.05, 4.69) is 22.6 Å². The maximum atomic E-state index is 12.0. The lowest BCUT2D eigenvalue weighted by Crippen LogP contribution is -2.12. The molecular formula is C16H15IO4. The van der Waals surface area contributed by atoms with Crippen LogP contribution in [0.15, 0.2) is 42.5 Å². The predicted octanol–water partition coefficient (Wildman–Crippen LogP) is 3.46. The maximum Gasteiger partial charge on any atom is 0.315 e. The lowest BCUT2D eigenvalue weighted by molar-refractivity contribution is -0.133. The number of ether oxygens (including phenoxy) is 3. The Balaban J connectivity index is 2.08. The van der Waals surface area contributed by atoms with E-state index in [0.717, 1.165) is 9.13 Å². The van der Waals surface area contributed by atoms with Crippen LogP contribution >= 0.6 is 22.6 Å². The zero-order valence-corrected chi connectivity index (χ0v) is 13.9. The van der Waals surface area contributed by atoms with Crippen LogP contribution in [0.4, 0.5) is 0 Å². The van der Waals surface area contributed by atoms with E-state index in [4.69, 9.17) is 14.2 Å². The molecule has 0 atom stereocenters. The van der Waals surface area contributed by atoms with Gasteiger partial charge in [0.2, 0.25) is 0 Å². The molecule has 21 heavy (non-hydrogen) atoms. The normalized spacial score (nSPS) is 10.0. The first-order chi connectivity index (χ1) is 10.1. The van der Waals surface area contributed by atoms with Crippen molar-refractivity contribution in [2.24, 2.45) is 0 Å². The highest BCUT2D eigenvalue weighted by Gasteiger charge is 2.11. The van der Waals surface area contributed by atoms with Crippen LogP contribution in [0.5, 0.6) is 17.2 Å². The number of hydrogen-bond donors (Lipinski definition) is 0. The van der Waals surface area contributed by atoms with Crippen molar-refractivity contribution < 1.29 is 19.0 Å². The molecule has 0 aliphatic rings. The Bertz CT molecular complexity index is 640. The molecule has 0 spiro atoms. The van der Waals surface area contributed by atoms with Gasteiger partial charge in [0.1, 0.15) is 5.75 Å². The fourth-order valence-electron chi connectivity index (χ4n) is 1.84. The number of carbonyl (C=O) groups excluding carboxylic acids is 1. The second kappa shape index (κ2) is 7.31. The van der Waals surface area contributed by atoms with Crippen molar-refractivity contribution in [2.45, 2.75) is 6.42 Å². The summed E-state index contributed by atoms with van der Waals surface area (Å²) in [6.07, 6.45) is 0.230. The molecule has 110 valence electrons. The molecule has 0 bridgehead atoms. The van der Waals surface area contributed by atoms with Crippen molar-refractivity contribution in [1.82, 2.24) is 0 Å².